The van der Waals surface area contributed by atoms with Crippen LogP contribution in [0.15, 0.2) is 5.16 Å². The summed E-state index contributed by atoms with van der Waals surface area (Å²) in [4.78, 5) is 58.5. The third kappa shape index (κ3) is 3.13. The van der Waals surface area contributed by atoms with E-state index in [1.807, 2.05) is 0 Å². The van der Waals surface area contributed by atoms with Crippen LogP contribution in [-0.4, -0.2) is 77.8 Å². The van der Waals surface area contributed by atoms with Gasteiger partial charge in [-0.05, 0) is 0 Å². The second kappa shape index (κ2) is 6.45. The highest BCUT2D eigenvalue weighted by Gasteiger charge is 2.45. The number of rotatable bonds is 4. The molecule has 11 heteroatoms. The van der Waals surface area contributed by atoms with E-state index in [2.05, 4.69) is 14.6 Å². The summed E-state index contributed by atoms with van der Waals surface area (Å²) in [7, 11) is 2.05. The molecule has 0 aliphatic carbocycles. The van der Waals surface area contributed by atoms with Gasteiger partial charge in [-0.2, -0.15) is 0 Å². The maximum absolute atomic E-state index is 12.0. The van der Waals surface area contributed by atoms with E-state index in [0.29, 0.717) is 9.80 Å². The maximum Gasteiger partial charge on any atom is 0.335 e. The normalized spacial score (nSPS) is 15.1. The van der Waals surface area contributed by atoms with Crippen LogP contribution >= 0.6 is 0 Å². The van der Waals surface area contributed by atoms with Crippen LogP contribution in [0.3, 0.4) is 0 Å². The standard InChI is InChI=1S/C10H11N3O8/c1-20-5(14)3-12-8(16)7(11-19)9(17)13(10(12)18)4-6(15)21-2/h19H,3-4H2,1-2H3. The van der Waals surface area contributed by atoms with Gasteiger partial charge in [-0.3, -0.25) is 19.2 Å². The Morgan fingerprint density at radius 1 is 1.00 bits per heavy atom. The summed E-state index contributed by atoms with van der Waals surface area (Å²) in [5.41, 5.74) is -1.01. The molecule has 1 aliphatic rings. The molecule has 114 valence electrons. The third-order valence-corrected chi connectivity index (χ3v) is 2.49. The first kappa shape index (κ1) is 16.1. The van der Waals surface area contributed by atoms with E-state index in [1.165, 1.54) is 0 Å². The number of imide groups is 2. The molecular formula is C10H11N3O8. The summed E-state index contributed by atoms with van der Waals surface area (Å²) in [5, 5.41) is 11.2. The maximum atomic E-state index is 12.0. The number of ether oxygens (including phenoxy) is 2. The summed E-state index contributed by atoms with van der Waals surface area (Å²) in [6, 6.07) is -1.23. The lowest BCUT2D eigenvalue weighted by Gasteiger charge is -2.31. The molecule has 4 amide bonds. The zero-order chi connectivity index (χ0) is 16.2. The molecule has 11 nitrogen and oxygen atoms in total. The zero-order valence-electron chi connectivity index (χ0n) is 11.1. The largest absolute Gasteiger partial charge is 0.468 e. The van der Waals surface area contributed by atoms with Crippen molar-refractivity contribution in [3.63, 3.8) is 0 Å². The zero-order valence-corrected chi connectivity index (χ0v) is 11.1. The number of barbiturate groups is 1. The van der Waals surface area contributed by atoms with E-state index in [4.69, 9.17) is 5.21 Å². The van der Waals surface area contributed by atoms with E-state index in [0.717, 1.165) is 14.2 Å². The Morgan fingerprint density at radius 2 is 1.38 bits per heavy atom. The van der Waals surface area contributed by atoms with Crippen molar-refractivity contribution in [2.75, 3.05) is 27.3 Å². The van der Waals surface area contributed by atoms with Crippen molar-refractivity contribution in [2.45, 2.75) is 0 Å². The monoisotopic (exact) mass is 301 g/mol. The highest BCUT2D eigenvalue weighted by Crippen LogP contribution is 2.11. The number of methoxy groups -OCH3 is 2. The van der Waals surface area contributed by atoms with Gasteiger partial charge in [0.25, 0.3) is 11.8 Å². The van der Waals surface area contributed by atoms with Gasteiger partial charge in [0.1, 0.15) is 13.1 Å². The van der Waals surface area contributed by atoms with Gasteiger partial charge in [0, 0.05) is 0 Å². The number of carbonyl (C=O) groups excluding carboxylic acids is 5. The van der Waals surface area contributed by atoms with Crippen molar-refractivity contribution in [3.05, 3.63) is 0 Å². The van der Waals surface area contributed by atoms with Crippen LogP contribution in [-0.2, 0) is 28.7 Å². The summed E-state index contributed by atoms with van der Waals surface area (Å²) >= 11 is 0. The van der Waals surface area contributed by atoms with Gasteiger partial charge in [-0.1, -0.05) is 5.16 Å². The molecule has 0 spiro atoms. The number of esters is 2. The number of hydrogen-bond acceptors (Lipinski definition) is 9. The highest BCUT2D eigenvalue weighted by molar-refractivity contribution is 6.68. The van der Waals surface area contributed by atoms with Crippen molar-refractivity contribution < 1.29 is 38.7 Å². The topological polar surface area (TPSA) is 143 Å². The van der Waals surface area contributed by atoms with E-state index < -0.39 is 48.6 Å². The molecule has 0 atom stereocenters. The lowest BCUT2D eigenvalue weighted by atomic mass is 10.2. The second-order valence-corrected chi connectivity index (χ2v) is 3.67. The van der Waals surface area contributed by atoms with Gasteiger partial charge >= 0.3 is 18.0 Å². The molecule has 1 aliphatic heterocycles. The molecule has 1 heterocycles. The molecule has 0 aromatic carbocycles. The number of oxime groups is 1. The third-order valence-electron chi connectivity index (χ3n) is 2.49. The number of amides is 4. The number of nitrogens with zero attached hydrogens (tertiary/aromatic N) is 3. The van der Waals surface area contributed by atoms with Crippen molar-refractivity contribution in [3.8, 4) is 0 Å². The summed E-state index contributed by atoms with van der Waals surface area (Å²) < 4.78 is 8.60. The quantitative estimate of drug-likeness (QED) is 0.355. The molecule has 0 bridgehead atoms. The van der Waals surface area contributed by atoms with Crippen molar-refractivity contribution >= 4 is 35.5 Å². The summed E-state index contributed by atoms with van der Waals surface area (Å²) in [6.07, 6.45) is 0. The Balaban J connectivity index is 3.12. The smallest absolute Gasteiger partial charge is 0.335 e. The lowest BCUT2D eigenvalue weighted by molar-refractivity contribution is -0.147. The molecule has 1 saturated heterocycles. The second-order valence-electron chi connectivity index (χ2n) is 3.67. The lowest BCUT2D eigenvalue weighted by Crippen LogP contribution is -2.62. The number of urea groups is 1. The molecule has 1 fully saturated rings. The van der Waals surface area contributed by atoms with Gasteiger partial charge in [0.05, 0.1) is 14.2 Å². The summed E-state index contributed by atoms with van der Waals surface area (Å²) in [6.45, 7) is -1.61. The van der Waals surface area contributed by atoms with Gasteiger partial charge in [-0.25, -0.2) is 14.6 Å². The molecule has 0 aromatic rings. The van der Waals surface area contributed by atoms with Crippen molar-refractivity contribution in [1.82, 2.24) is 9.80 Å². The molecule has 0 aromatic heterocycles. The predicted octanol–water partition coefficient (Wildman–Crippen LogP) is -2.05. The van der Waals surface area contributed by atoms with Crippen LogP contribution in [0.2, 0.25) is 0 Å². The van der Waals surface area contributed by atoms with Crippen LogP contribution in [0.5, 0.6) is 0 Å². The molecule has 0 unspecified atom stereocenters. The van der Waals surface area contributed by atoms with E-state index >= 15 is 0 Å². The van der Waals surface area contributed by atoms with Crippen molar-refractivity contribution in [2.24, 2.45) is 5.16 Å². The molecule has 21 heavy (non-hydrogen) atoms. The van der Waals surface area contributed by atoms with Gasteiger partial charge in [0.15, 0.2) is 0 Å². The minimum atomic E-state index is -1.28. The Bertz CT molecular complexity index is 498. The number of carbonyl (C=O) groups is 5. The minimum absolute atomic E-state index is 0.311. The molecule has 1 rings (SSSR count). The predicted molar refractivity (Wildman–Crippen MR) is 62.1 cm³/mol. The Morgan fingerprint density at radius 3 is 1.67 bits per heavy atom. The average molecular weight is 301 g/mol. The van der Waals surface area contributed by atoms with Crippen LogP contribution in [0.4, 0.5) is 4.79 Å². The number of hydrogen-bond donors (Lipinski definition) is 1. The highest BCUT2D eigenvalue weighted by atomic mass is 16.5. The molecule has 1 N–H and O–H groups in total. The van der Waals surface area contributed by atoms with Crippen molar-refractivity contribution in [1.29, 1.82) is 0 Å². The molecule has 0 radical (unpaired) electrons. The first-order chi connectivity index (χ1) is 9.87. The van der Waals surface area contributed by atoms with Crippen LogP contribution in [0.1, 0.15) is 0 Å². The fraction of sp³-hybridized carbons (Fsp3) is 0.400. The Labute approximate surface area is 117 Å². The first-order valence-corrected chi connectivity index (χ1v) is 5.40. The fourth-order valence-electron chi connectivity index (χ4n) is 1.42. The van der Waals surface area contributed by atoms with E-state index in [1.54, 1.807) is 0 Å². The van der Waals surface area contributed by atoms with Crippen LogP contribution < -0.4 is 0 Å². The SMILES string of the molecule is COC(=O)CN1C(=O)C(=NO)C(=O)N(CC(=O)OC)C1=O. The first-order valence-electron chi connectivity index (χ1n) is 5.40. The van der Waals surface area contributed by atoms with Crippen LogP contribution in [0.25, 0.3) is 0 Å². The summed E-state index contributed by atoms with van der Waals surface area (Å²) in [5.74, 6) is -4.44. The minimum Gasteiger partial charge on any atom is -0.468 e. The molecular weight excluding hydrogens is 290 g/mol. The van der Waals surface area contributed by atoms with Gasteiger partial charge in [-0.15, -0.1) is 0 Å². The fourth-order valence-corrected chi connectivity index (χ4v) is 1.42. The van der Waals surface area contributed by atoms with E-state index in [9.17, 15) is 24.0 Å². The van der Waals surface area contributed by atoms with Gasteiger partial charge in [0.2, 0.25) is 5.71 Å². The average Bonchev–Trinajstić information content (AvgIpc) is 2.47. The van der Waals surface area contributed by atoms with Crippen LogP contribution in [0, 0.1) is 0 Å². The Kier molecular flexibility index (Phi) is 4.94. The van der Waals surface area contributed by atoms with E-state index in [-0.39, 0.29) is 0 Å². The Hall–Kier alpha value is -2.98. The molecule has 0 saturated carbocycles. The van der Waals surface area contributed by atoms with Gasteiger partial charge < -0.3 is 14.7 Å².